The van der Waals surface area contributed by atoms with E-state index in [1.165, 1.54) is 35.2 Å². The Morgan fingerprint density at radius 2 is 1.63 bits per heavy atom. The molecule has 0 heterocycles. The summed E-state index contributed by atoms with van der Waals surface area (Å²) in [5, 5.41) is 9.30. The Kier molecular flexibility index (Phi) is 7.29. The normalized spacial score (nSPS) is 10.8. The summed E-state index contributed by atoms with van der Waals surface area (Å²) >= 11 is 0. The number of rotatable bonds is 7. The minimum Gasteiger partial charge on any atom is -0.478 e. The fraction of sp³-hybridized carbons (Fsp3) is 0.143. The van der Waals surface area contributed by atoms with Crippen molar-refractivity contribution in [3.8, 4) is 5.75 Å². The van der Waals surface area contributed by atoms with E-state index < -0.39 is 11.9 Å². The number of hydrogen-bond donors (Lipinski definition) is 3. The Bertz CT molecular complexity index is 989. The number of benzene rings is 2. The predicted molar refractivity (Wildman–Crippen MR) is 112 cm³/mol. The van der Waals surface area contributed by atoms with E-state index in [0.717, 1.165) is 0 Å². The van der Waals surface area contributed by atoms with Gasteiger partial charge in [0.2, 0.25) is 5.91 Å². The van der Waals surface area contributed by atoms with Crippen molar-refractivity contribution in [3.63, 3.8) is 0 Å². The highest BCUT2D eigenvalue weighted by Crippen LogP contribution is 2.19. The molecule has 0 radical (unpaired) electrons. The molecule has 0 aliphatic heterocycles. The summed E-state index contributed by atoms with van der Waals surface area (Å²) < 4.78 is 5.30. The molecule has 0 unspecified atom stereocenters. The van der Waals surface area contributed by atoms with Crippen molar-refractivity contribution in [2.24, 2.45) is 16.5 Å². The molecule has 2 aromatic carbocycles. The number of aliphatic imine (C=N–C) groups is 1. The number of carboxylic acids is 1. The topological polar surface area (TPSA) is 148 Å². The van der Waals surface area contributed by atoms with Crippen LogP contribution in [0.3, 0.4) is 0 Å². The Hall–Kier alpha value is -4.14. The lowest BCUT2D eigenvalue weighted by Crippen LogP contribution is -2.23. The fourth-order valence-electron chi connectivity index (χ4n) is 2.33. The highest BCUT2D eigenvalue weighted by atomic mass is 16.5. The zero-order chi connectivity index (χ0) is 22.3. The van der Waals surface area contributed by atoms with Crippen molar-refractivity contribution >= 4 is 35.6 Å². The molecule has 9 heteroatoms. The maximum absolute atomic E-state index is 12.2. The first-order chi connectivity index (χ1) is 14.2. The van der Waals surface area contributed by atoms with Gasteiger partial charge < -0.3 is 26.2 Å². The summed E-state index contributed by atoms with van der Waals surface area (Å²) in [5.74, 6) is -1.87. The molecule has 5 N–H and O–H groups in total. The van der Waals surface area contributed by atoms with Crippen LogP contribution in [0.4, 0.5) is 5.69 Å². The van der Waals surface area contributed by atoms with Gasteiger partial charge in [0.1, 0.15) is 5.75 Å². The number of esters is 1. The molecule has 0 bridgehead atoms. The van der Waals surface area contributed by atoms with Crippen LogP contribution in [0.1, 0.15) is 22.3 Å². The highest BCUT2D eigenvalue weighted by molar-refractivity contribution is 5.98. The van der Waals surface area contributed by atoms with Crippen molar-refractivity contribution in [2.75, 3.05) is 14.1 Å². The molecule has 0 saturated heterocycles. The van der Waals surface area contributed by atoms with Crippen molar-refractivity contribution < 1.29 is 24.2 Å². The van der Waals surface area contributed by atoms with E-state index >= 15 is 0 Å². The third kappa shape index (κ3) is 6.48. The van der Waals surface area contributed by atoms with Gasteiger partial charge in [0.05, 0.1) is 17.7 Å². The van der Waals surface area contributed by atoms with Gasteiger partial charge in [-0.3, -0.25) is 4.79 Å². The van der Waals surface area contributed by atoms with Gasteiger partial charge >= 0.3 is 11.9 Å². The van der Waals surface area contributed by atoms with Crippen LogP contribution >= 0.6 is 0 Å². The summed E-state index contributed by atoms with van der Waals surface area (Å²) in [6.45, 7) is 0. The second-order valence-corrected chi connectivity index (χ2v) is 6.48. The minimum absolute atomic E-state index is 0.0423. The van der Waals surface area contributed by atoms with E-state index in [4.69, 9.17) is 16.2 Å². The highest BCUT2D eigenvalue weighted by Gasteiger charge is 2.14. The van der Waals surface area contributed by atoms with Crippen LogP contribution in [0.15, 0.2) is 59.1 Å². The lowest BCUT2D eigenvalue weighted by atomic mass is 10.1. The number of aliphatic carboxylic acids is 1. The third-order valence-corrected chi connectivity index (χ3v) is 3.91. The minimum atomic E-state index is -1.18. The van der Waals surface area contributed by atoms with E-state index in [-0.39, 0.29) is 29.6 Å². The monoisotopic (exact) mass is 410 g/mol. The summed E-state index contributed by atoms with van der Waals surface area (Å²) in [7, 11) is 3.11. The molecule has 0 fully saturated rings. The zero-order valence-electron chi connectivity index (χ0n) is 16.5. The molecule has 30 heavy (non-hydrogen) atoms. The summed E-state index contributed by atoms with van der Waals surface area (Å²) in [6.07, 6.45) is 1.17. The number of guanidine groups is 1. The van der Waals surface area contributed by atoms with Crippen LogP contribution in [0.2, 0.25) is 0 Å². The standard InChI is InChI=1S/C21H22N4O5/c1-25(2)18(26)12-15(19(27)28)11-13-3-9-17(10-4-13)30-20(29)14-5-7-16(8-6-14)24-21(22)23/h3-11H,12H2,1-2H3,(H,27,28)(H4,22,23,24). The summed E-state index contributed by atoms with van der Waals surface area (Å²) in [4.78, 5) is 40.6. The molecule has 0 aliphatic carbocycles. The summed E-state index contributed by atoms with van der Waals surface area (Å²) in [5.41, 5.74) is 11.9. The number of amides is 1. The van der Waals surface area contributed by atoms with Gasteiger partial charge in [-0.15, -0.1) is 0 Å². The first kappa shape index (κ1) is 22.2. The predicted octanol–water partition coefficient (Wildman–Crippen LogP) is 1.76. The number of nitrogens with two attached hydrogens (primary N) is 2. The van der Waals surface area contributed by atoms with Gasteiger partial charge in [0.15, 0.2) is 5.96 Å². The second kappa shape index (κ2) is 9.87. The molecule has 9 nitrogen and oxygen atoms in total. The van der Waals surface area contributed by atoms with Crippen molar-refractivity contribution in [1.29, 1.82) is 0 Å². The van der Waals surface area contributed by atoms with Crippen molar-refractivity contribution in [3.05, 3.63) is 65.2 Å². The zero-order valence-corrected chi connectivity index (χ0v) is 16.5. The van der Waals surface area contributed by atoms with Crippen LogP contribution in [0.25, 0.3) is 6.08 Å². The Balaban J connectivity index is 2.09. The molecule has 2 aromatic rings. The van der Waals surface area contributed by atoms with Crippen molar-refractivity contribution in [2.45, 2.75) is 6.42 Å². The number of ether oxygens (including phenoxy) is 1. The average Bonchev–Trinajstić information content (AvgIpc) is 2.68. The molecular formula is C21H22N4O5. The first-order valence-corrected chi connectivity index (χ1v) is 8.81. The Labute approximate surface area is 173 Å². The number of carbonyl (C=O) groups is 3. The van der Waals surface area contributed by atoms with Crippen LogP contribution in [-0.2, 0) is 9.59 Å². The van der Waals surface area contributed by atoms with Gasteiger partial charge in [0, 0.05) is 19.7 Å². The Morgan fingerprint density at radius 1 is 1.03 bits per heavy atom. The molecule has 0 spiro atoms. The SMILES string of the molecule is CN(C)C(=O)CC(=Cc1ccc(OC(=O)c2ccc(N=C(N)N)cc2)cc1)C(=O)O. The van der Waals surface area contributed by atoms with E-state index in [9.17, 15) is 19.5 Å². The van der Waals surface area contributed by atoms with Gasteiger partial charge in [-0.05, 0) is 48.0 Å². The number of hydrogen-bond acceptors (Lipinski definition) is 5. The molecule has 2 rings (SSSR count). The van der Waals surface area contributed by atoms with E-state index in [0.29, 0.717) is 16.8 Å². The van der Waals surface area contributed by atoms with Crippen LogP contribution in [0.5, 0.6) is 5.75 Å². The van der Waals surface area contributed by atoms with Gasteiger partial charge in [-0.25, -0.2) is 14.6 Å². The maximum atomic E-state index is 12.2. The molecule has 0 saturated carbocycles. The third-order valence-electron chi connectivity index (χ3n) is 3.91. The van der Waals surface area contributed by atoms with Crippen molar-refractivity contribution in [1.82, 2.24) is 4.90 Å². The lowest BCUT2D eigenvalue weighted by molar-refractivity contribution is -0.135. The lowest BCUT2D eigenvalue weighted by Gasteiger charge is -2.10. The fourth-order valence-corrected chi connectivity index (χ4v) is 2.33. The van der Waals surface area contributed by atoms with E-state index in [1.54, 1.807) is 38.4 Å². The van der Waals surface area contributed by atoms with Crippen LogP contribution < -0.4 is 16.2 Å². The molecule has 1 amide bonds. The molecule has 156 valence electrons. The number of carboxylic acid groups (broad SMARTS) is 1. The molecule has 0 aliphatic rings. The first-order valence-electron chi connectivity index (χ1n) is 8.81. The van der Waals surface area contributed by atoms with Crippen LogP contribution in [0, 0.1) is 0 Å². The largest absolute Gasteiger partial charge is 0.478 e. The number of carbonyl (C=O) groups excluding carboxylic acids is 2. The molecular weight excluding hydrogens is 388 g/mol. The van der Waals surface area contributed by atoms with Gasteiger partial charge in [-0.2, -0.15) is 0 Å². The maximum Gasteiger partial charge on any atom is 0.343 e. The average molecular weight is 410 g/mol. The smallest absolute Gasteiger partial charge is 0.343 e. The Morgan fingerprint density at radius 3 is 2.13 bits per heavy atom. The van der Waals surface area contributed by atoms with E-state index in [2.05, 4.69) is 4.99 Å². The van der Waals surface area contributed by atoms with Gasteiger partial charge in [0.25, 0.3) is 0 Å². The van der Waals surface area contributed by atoms with Gasteiger partial charge in [-0.1, -0.05) is 12.1 Å². The van der Waals surface area contributed by atoms with Crippen LogP contribution in [-0.4, -0.2) is 47.9 Å². The summed E-state index contributed by atoms with van der Waals surface area (Å²) in [6, 6.07) is 12.5. The molecule has 0 aromatic heterocycles. The number of nitrogens with zero attached hydrogens (tertiary/aromatic N) is 2. The van der Waals surface area contributed by atoms with E-state index in [1.807, 2.05) is 0 Å². The quantitative estimate of drug-likeness (QED) is 0.207. The molecule has 0 atom stereocenters. The second-order valence-electron chi connectivity index (χ2n) is 6.48.